The van der Waals surface area contributed by atoms with Gasteiger partial charge in [0.1, 0.15) is 0 Å². The second-order valence-corrected chi connectivity index (χ2v) is 6.26. The molecule has 0 fully saturated rings. The number of anilines is 1. The van der Waals surface area contributed by atoms with Crippen molar-refractivity contribution in [2.45, 2.75) is 24.8 Å². The first-order valence-corrected chi connectivity index (χ1v) is 6.69. The van der Waals surface area contributed by atoms with Crippen LogP contribution in [0.4, 0.5) is 5.69 Å². The molecule has 0 amide bonds. The van der Waals surface area contributed by atoms with E-state index in [1.54, 1.807) is 19.1 Å². The number of aliphatic hydroxyl groups is 1. The summed E-state index contributed by atoms with van der Waals surface area (Å²) >= 11 is 0. The third-order valence-corrected chi connectivity index (χ3v) is 4.10. The first-order chi connectivity index (χ1) is 7.73. The molecule has 1 rings (SSSR count). The van der Waals surface area contributed by atoms with Gasteiger partial charge in [-0.3, -0.25) is 0 Å². The molecular formula is C11H18N2O3S. The maximum absolute atomic E-state index is 12.1. The van der Waals surface area contributed by atoms with Crippen molar-refractivity contribution in [1.82, 2.24) is 4.31 Å². The molecule has 0 heterocycles. The lowest BCUT2D eigenvalue weighted by Crippen LogP contribution is -2.33. The summed E-state index contributed by atoms with van der Waals surface area (Å²) in [5, 5.41) is 9.21. The fraction of sp³-hybridized carbons (Fsp3) is 0.455. The monoisotopic (exact) mass is 258 g/mol. The normalized spacial score (nSPS) is 13.9. The molecule has 0 aliphatic rings. The van der Waals surface area contributed by atoms with Gasteiger partial charge in [0.15, 0.2) is 0 Å². The van der Waals surface area contributed by atoms with E-state index in [4.69, 9.17) is 5.73 Å². The number of hydrogen-bond acceptors (Lipinski definition) is 4. The fourth-order valence-corrected chi connectivity index (χ4v) is 2.97. The molecule has 1 atom stereocenters. The van der Waals surface area contributed by atoms with E-state index in [-0.39, 0.29) is 11.4 Å². The number of hydrogen-bond donors (Lipinski definition) is 2. The molecule has 0 saturated heterocycles. The minimum absolute atomic E-state index is 0.0518. The highest BCUT2D eigenvalue weighted by Gasteiger charge is 2.22. The van der Waals surface area contributed by atoms with E-state index in [0.29, 0.717) is 5.69 Å². The maximum atomic E-state index is 12.1. The predicted octanol–water partition coefficient (Wildman–Crippen LogP) is 0.579. The van der Waals surface area contributed by atoms with E-state index in [2.05, 4.69) is 0 Å². The van der Waals surface area contributed by atoms with Gasteiger partial charge in [0, 0.05) is 19.3 Å². The Balaban J connectivity index is 3.12. The van der Waals surface area contributed by atoms with Gasteiger partial charge in [0.25, 0.3) is 0 Å². The lowest BCUT2D eigenvalue weighted by atomic mass is 10.2. The van der Waals surface area contributed by atoms with Gasteiger partial charge in [-0.05, 0) is 37.6 Å². The molecule has 0 saturated carbocycles. The SMILES string of the molecule is Cc1cc(N)cc(S(=O)(=O)N(C)CC(C)O)c1. The molecule has 5 nitrogen and oxygen atoms in total. The number of nitrogens with zero attached hydrogens (tertiary/aromatic N) is 1. The number of sulfonamides is 1. The first kappa shape index (κ1) is 14.0. The Morgan fingerprint density at radius 1 is 1.41 bits per heavy atom. The van der Waals surface area contributed by atoms with Gasteiger partial charge in [-0.15, -0.1) is 0 Å². The van der Waals surface area contributed by atoms with Crippen molar-refractivity contribution in [2.75, 3.05) is 19.3 Å². The summed E-state index contributed by atoms with van der Waals surface area (Å²) in [5.41, 5.74) is 6.82. The van der Waals surface area contributed by atoms with Gasteiger partial charge in [0.05, 0.1) is 11.0 Å². The first-order valence-electron chi connectivity index (χ1n) is 5.25. The topological polar surface area (TPSA) is 83.6 Å². The van der Waals surface area contributed by atoms with Crippen molar-refractivity contribution in [3.8, 4) is 0 Å². The predicted molar refractivity (Wildman–Crippen MR) is 67.1 cm³/mol. The van der Waals surface area contributed by atoms with Crippen molar-refractivity contribution in [2.24, 2.45) is 0 Å². The Labute approximate surface area is 102 Å². The van der Waals surface area contributed by atoms with Crippen LogP contribution in [0.25, 0.3) is 0 Å². The smallest absolute Gasteiger partial charge is 0.242 e. The average Bonchev–Trinajstić information content (AvgIpc) is 2.14. The molecule has 0 aliphatic heterocycles. The minimum atomic E-state index is -3.59. The largest absolute Gasteiger partial charge is 0.399 e. The molecule has 6 heteroatoms. The zero-order valence-corrected chi connectivity index (χ0v) is 11.0. The van der Waals surface area contributed by atoms with Gasteiger partial charge in [-0.25, -0.2) is 8.42 Å². The number of nitrogen functional groups attached to an aromatic ring is 1. The van der Waals surface area contributed by atoms with E-state index in [1.807, 2.05) is 0 Å². The molecule has 0 aromatic heterocycles. The molecule has 1 unspecified atom stereocenters. The third kappa shape index (κ3) is 3.42. The van der Waals surface area contributed by atoms with Crippen molar-refractivity contribution in [1.29, 1.82) is 0 Å². The van der Waals surface area contributed by atoms with Crippen LogP contribution in [0.15, 0.2) is 23.1 Å². The molecule has 17 heavy (non-hydrogen) atoms. The zero-order valence-electron chi connectivity index (χ0n) is 10.2. The van der Waals surface area contributed by atoms with Gasteiger partial charge in [0.2, 0.25) is 10.0 Å². The Hall–Kier alpha value is -1.11. The standard InChI is InChI=1S/C11H18N2O3S/c1-8-4-10(12)6-11(5-8)17(15,16)13(3)7-9(2)14/h4-6,9,14H,7,12H2,1-3H3. The lowest BCUT2D eigenvalue weighted by Gasteiger charge is -2.19. The second-order valence-electron chi connectivity index (χ2n) is 4.21. The highest BCUT2D eigenvalue weighted by molar-refractivity contribution is 7.89. The summed E-state index contributed by atoms with van der Waals surface area (Å²) in [6.45, 7) is 3.37. The van der Waals surface area contributed by atoms with E-state index >= 15 is 0 Å². The third-order valence-electron chi connectivity index (χ3n) is 2.30. The zero-order chi connectivity index (χ0) is 13.2. The van der Waals surface area contributed by atoms with Gasteiger partial charge in [-0.1, -0.05) is 0 Å². The average molecular weight is 258 g/mol. The number of rotatable bonds is 4. The van der Waals surface area contributed by atoms with Crippen LogP contribution < -0.4 is 5.73 Å². The van der Waals surface area contributed by atoms with E-state index in [9.17, 15) is 13.5 Å². The molecular weight excluding hydrogens is 240 g/mol. The molecule has 0 bridgehead atoms. The van der Waals surface area contributed by atoms with Crippen LogP contribution in [0, 0.1) is 6.92 Å². The molecule has 3 N–H and O–H groups in total. The number of nitrogens with two attached hydrogens (primary N) is 1. The quantitative estimate of drug-likeness (QED) is 0.774. The molecule has 96 valence electrons. The van der Waals surface area contributed by atoms with Crippen LogP contribution in [0.2, 0.25) is 0 Å². The molecule has 1 aromatic rings. The van der Waals surface area contributed by atoms with Gasteiger partial charge >= 0.3 is 0 Å². The van der Waals surface area contributed by atoms with Crippen LogP contribution in [-0.2, 0) is 10.0 Å². The number of benzene rings is 1. The van der Waals surface area contributed by atoms with Crippen molar-refractivity contribution in [3.05, 3.63) is 23.8 Å². The number of likely N-dealkylation sites (N-methyl/N-ethyl adjacent to an activating group) is 1. The molecule has 0 radical (unpaired) electrons. The Morgan fingerprint density at radius 2 is 2.00 bits per heavy atom. The van der Waals surface area contributed by atoms with Gasteiger partial charge < -0.3 is 10.8 Å². The van der Waals surface area contributed by atoms with E-state index in [0.717, 1.165) is 9.87 Å². The van der Waals surface area contributed by atoms with Crippen LogP contribution in [-0.4, -0.2) is 37.5 Å². The summed E-state index contributed by atoms with van der Waals surface area (Å²) in [7, 11) is -2.15. The van der Waals surface area contributed by atoms with Crippen LogP contribution in [0.5, 0.6) is 0 Å². The van der Waals surface area contributed by atoms with Crippen LogP contribution in [0.3, 0.4) is 0 Å². The summed E-state index contributed by atoms with van der Waals surface area (Å²) in [6.07, 6.45) is -0.711. The molecule has 0 spiro atoms. The highest BCUT2D eigenvalue weighted by Crippen LogP contribution is 2.19. The summed E-state index contributed by atoms with van der Waals surface area (Å²) in [5.74, 6) is 0. The number of aliphatic hydroxyl groups excluding tert-OH is 1. The van der Waals surface area contributed by atoms with Crippen molar-refractivity contribution >= 4 is 15.7 Å². The lowest BCUT2D eigenvalue weighted by molar-refractivity contribution is 0.171. The number of aryl methyl sites for hydroxylation is 1. The van der Waals surface area contributed by atoms with Crippen molar-refractivity contribution < 1.29 is 13.5 Å². The van der Waals surface area contributed by atoms with Crippen LogP contribution in [0.1, 0.15) is 12.5 Å². The fourth-order valence-electron chi connectivity index (χ4n) is 1.58. The summed E-state index contributed by atoms with van der Waals surface area (Å²) in [6, 6.07) is 4.68. The van der Waals surface area contributed by atoms with Crippen molar-refractivity contribution in [3.63, 3.8) is 0 Å². The highest BCUT2D eigenvalue weighted by atomic mass is 32.2. The van der Waals surface area contributed by atoms with E-state index < -0.39 is 16.1 Å². The Morgan fingerprint density at radius 3 is 2.47 bits per heavy atom. The second kappa shape index (κ2) is 5.03. The summed E-state index contributed by atoms with van der Waals surface area (Å²) in [4.78, 5) is 0.151. The summed E-state index contributed by atoms with van der Waals surface area (Å²) < 4.78 is 25.4. The minimum Gasteiger partial charge on any atom is -0.399 e. The molecule has 0 aliphatic carbocycles. The van der Waals surface area contributed by atoms with E-state index in [1.165, 1.54) is 20.0 Å². The maximum Gasteiger partial charge on any atom is 0.242 e. The van der Waals surface area contributed by atoms with Gasteiger partial charge in [-0.2, -0.15) is 4.31 Å². The Bertz CT molecular complexity index is 477. The van der Waals surface area contributed by atoms with Crippen LogP contribution >= 0.6 is 0 Å². The Kier molecular flexibility index (Phi) is 4.13. The molecule has 1 aromatic carbocycles.